The van der Waals surface area contributed by atoms with Crippen molar-refractivity contribution in [3.63, 3.8) is 0 Å². The first kappa shape index (κ1) is 17.9. The molecule has 1 aliphatic carbocycles. The standard InChI is InChI=1S/C17H26N4S2/c1-11-7-9-14(10-8-11)18-16(22)20-21-17(23)19-15-6-4-5-12(2)13(15)3/h7-10,12-13,15H,4-6H2,1-3H3,(H2,18,20,22)(H2,19,21,23)/t12-,13+,15-/m1/s1. The zero-order chi connectivity index (χ0) is 16.8. The fourth-order valence-electron chi connectivity index (χ4n) is 2.90. The fraction of sp³-hybridized carbons (Fsp3) is 0.529. The van der Waals surface area contributed by atoms with Crippen molar-refractivity contribution in [3.8, 4) is 0 Å². The van der Waals surface area contributed by atoms with Gasteiger partial charge in [-0.15, -0.1) is 0 Å². The van der Waals surface area contributed by atoms with E-state index in [0.717, 1.165) is 11.6 Å². The minimum atomic E-state index is 0.430. The lowest BCUT2D eigenvalue weighted by Crippen LogP contribution is -2.53. The lowest BCUT2D eigenvalue weighted by Gasteiger charge is -2.35. The van der Waals surface area contributed by atoms with Gasteiger partial charge >= 0.3 is 0 Å². The minimum absolute atomic E-state index is 0.430. The van der Waals surface area contributed by atoms with Gasteiger partial charge in [-0.1, -0.05) is 44.4 Å². The van der Waals surface area contributed by atoms with Crippen molar-refractivity contribution in [1.29, 1.82) is 0 Å². The van der Waals surface area contributed by atoms with E-state index in [1.54, 1.807) is 0 Å². The molecule has 4 N–H and O–H groups in total. The second-order valence-corrected chi connectivity index (χ2v) is 7.23. The second-order valence-electron chi connectivity index (χ2n) is 6.42. The molecular formula is C17H26N4S2. The SMILES string of the molecule is Cc1ccc(NC(=S)NNC(=S)N[C@@H]2CCC[C@@H](C)[C@@H]2C)cc1. The van der Waals surface area contributed by atoms with Crippen LogP contribution in [0.2, 0.25) is 0 Å². The van der Waals surface area contributed by atoms with Crippen molar-refractivity contribution < 1.29 is 0 Å². The van der Waals surface area contributed by atoms with E-state index in [1.165, 1.54) is 24.8 Å². The van der Waals surface area contributed by atoms with E-state index >= 15 is 0 Å². The Balaban J connectivity index is 1.73. The highest BCUT2D eigenvalue weighted by Crippen LogP contribution is 2.29. The molecule has 126 valence electrons. The first-order valence-electron chi connectivity index (χ1n) is 8.16. The number of benzene rings is 1. The average molecular weight is 351 g/mol. The van der Waals surface area contributed by atoms with Crippen molar-refractivity contribution in [2.24, 2.45) is 11.8 Å². The van der Waals surface area contributed by atoms with Crippen molar-refractivity contribution in [2.75, 3.05) is 5.32 Å². The Morgan fingerprint density at radius 3 is 2.35 bits per heavy atom. The Hall–Kier alpha value is -1.40. The molecule has 1 saturated carbocycles. The van der Waals surface area contributed by atoms with Crippen LogP contribution in [-0.2, 0) is 0 Å². The van der Waals surface area contributed by atoms with Crippen molar-refractivity contribution in [1.82, 2.24) is 16.2 Å². The number of hydrogen-bond acceptors (Lipinski definition) is 2. The summed E-state index contributed by atoms with van der Waals surface area (Å²) in [5.74, 6) is 1.36. The van der Waals surface area contributed by atoms with Crippen LogP contribution in [0.25, 0.3) is 0 Å². The van der Waals surface area contributed by atoms with Crippen LogP contribution in [0, 0.1) is 18.8 Å². The lowest BCUT2D eigenvalue weighted by molar-refractivity contribution is 0.224. The van der Waals surface area contributed by atoms with Gasteiger partial charge in [-0.05, 0) is 61.7 Å². The van der Waals surface area contributed by atoms with Gasteiger partial charge in [-0.3, -0.25) is 10.9 Å². The summed E-state index contributed by atoms with van der Waals surface area (Å²) in [5.41, 5.74) is 8.06. The Morgan fingerprint density at radius 2 is 1.65 bits per heavy atom. The summed E-state index contributed by atoms with van der Waals surface area (Å²) in [4.78, 5) is 0. The number of anilines is 1. The molecule has 0 bridgehead atoms. The van der Waals surface area contributed by atoms with Crippen LogP contribution < -0.4 is 21.5 Å². The van der Waals surface area contributed by atoms with Gasteiger partial charge in [0.2, 0.25) is 0 Å². The molecule has 1 aromatic carbocycles. The van der Waals surface area contributed by atoms with Crippen LogP contribution >= 0.6 is 24.4 Å². The summed E-state index contributed by atoms with van der Waals surface area (Å²) in [7, 11) is 0. The molecule has 4 nitrogen and oxygen atoms in total. The predicted octanol–water partition coefficient (Wildman–Crippen LogP) is 3.49. The topological polar surface area (TPSA) is 48.1 Å². The van der Waals surface area contributed by atoms with Gasteiger partial charge in [0.15, 0.2) is 10.2 Å². The molecule has 3 atom stereocenters. The summed E-state index contributed by atoms with van der Waals surface area (Å²) in [6, 6.07) is 8.49. The summed E-state index contributed by atoms with van der Waals surface area (Å²) in [5, 5.41) is 7.59. The van der Waals surface area contributed by atoms with Gasteiger partial charge in [0, 0.05) is 11.7 Å². The van der Waals surface area contributed by atoms with E-state index in [0.29, 0.717) is 22.2 Å². The fourth-order valence-corrected chi connectivity index (χ4v) is 3.27. The maximum Gasteiger partial charge on any atom is 0.189 e. The molecule has 0 heterocycles. The molecule has 0 radical (unpaired) electrons. The van der Waals surface area contributed by atoms with Crippen LogP contribution in [0.5, 0.6) is 0 Å². The van der Waals surface area contributed by atoms with Crippen LogP contribution in [0.15, 0.2) is 24.3 Å². The molecule has 0 unspecified atom stereocenters. The highest BCUT2D eigenvalue weighted by molar-refractivity contribution is 7.80. The Bertz CT molecular complexity index is 544. The van der Waals surface area contributed by atoms with Gasteiger partial charge in [-0.2, -0.15) is 0 Å². The highest BCUT2D eigenvalue weighted by atomic mass is 32.1. The van der Waals surface area contributed by atoms with Gasteiger partial charge in [0.05, 0.1) is 0 Å². The molecule has 0 spiro atoms. The Kier molecular flexibility index (Phi) is 6.59. The largest absolute Gasteiger partial charge is 0.358 e. The zero-order valence-corrected chi connectivity index (χ0v) is 15.6. The highest BCUT2D eigenvalue weighted by Gasteiger charge is 2.27. The first-order chi connectivity index (χ1) is 11.0. The molecule has 2 rings (SSSR count). The van der Waals surface area contributed by atoms with Crippen molar-refractivity contribution in [3.05, 3.63) is 29.8 Å². The molecular weight excluding hydrogens is 324 g/mol. The van der Waals surface area contributed by atoms with E-state index in [-0.39, 0.29) is 0 Å². The van der Waals surface area contributed by atoms with Crippen molar-refractivity contribution in [2.45, 2.75) is 46.1 Å². The maximum atomic E-state index is 5.35. The van der Waals surface area contributed by atoms with Crippen LogP contribution in [-0.4, -0.2) is 16.3 Å². The Morgan fingerprint density at radius 1 is 1.00 bits per heavy atom. The summed E-state index contributed by atoms with van der Waals surface area (Å²) in [6.07, 6.45) is 3.73. The van der Waals surface area contributed by atoms with E-state index in [2.05, 4.69) is 42.3 Å². The van der Waals surface area contributed by atoms with Gasteiger partial charge < -0.3 is 10.6 Å². The van der Waals surface area contributed by atoms with Gasteiger partial charge in [0.1, 0.15) is 0 Å². The van der Waals surface area contributed by atoms with Gasteiger partial charge in [0.25, 0.3) is 0 Å². The van der Waals surface area contributed by atoms with Crippen LogP contribution in [0.1, 0.15) is 38.7 Å². The Labute approximate surface area is 149 Å². The summed E-state index contributed by atoms with van der Waals surface area (Å²) in [6.45, 7) is 6.66. The summed E-state index contributed by atoms with van der Waals surface area (Å²) < 4.78 is 0. The number of hydrogen-bond donors (Lipinski definition) is 4. The number of thiocarbonyl (C=S) groups is 2. The molecule has 0 aromatic heterocycles. The molecule has 1 aliphatic rings. The normalized spacial score (nSPS) is 23.7. The van der Waals surface area contributed by atoms with Crippen molar-refractivity contribution >= 4 is 40.3 Å². The van der Waals surface area contributed by atoms with E-state index in [1.807, 2.05) is 24.3 Å². The quantitative estimate of drug-likeness (QED) is 0.484. The number of nitrogens with one attached hydrogen (secondary N) is 4. The predicted molar refractivity (Wildman–Crippen MR) is 105 cm³/mol. The van der Waals surface area contributed by atoms with E-state index < -0.39 is 0 Å². The maximum absolute atomic E-state index is 5.35. The first-order valence-corrected chi connectivity index (χ1v) is 8.97. The monoisotopic (exact) mass is 350 g/mol. The molecule has 0 aliphatic heterocycles. The average Bonchev–Trinajstić information content (AvgIpc) is 2.52. The number of rotatable bonds is 2. The molecule has 0 saturated heterocycles. The third-order valence-corrected chi connectivity index (χ3v) is 5.05. The molecule has 23 heavy (non-hydrogen) atoms. The van der Waals surface area contributed by atoms with E-state index in [4.69, 9.17) is 24.4 Å². The summed E-state index contributed by atoms with van der Waals surface area (Å²) >= 11 is 10.6. The van der Waals surface area contributed by atoms with Gasteiger partial charge in [-0.25, -0.2) is 0 Å². The molecule has 1 aromatic rings. The molecule has 1 fully saturated rings. The third kappa shape index (κ3) is 5.62. The molecule has 6 heteroatoms. The zero-order valence-electron chi connectivity index (χ0n) is 14.0. The number of aryl methyl sites for hydroxylation is 1. The van der Waals surface area contributed by atoms with E-state index in [9.17, 15) is 0 Å². The van der Waals surface area contributed by atoms with Crippen LogP contribution in [0.4, 0.5) is 5.69 Å². The minimum Gasteiger partial charge on any atom is -0.358 e. The molecule has 0 amide bonds. The lowest BCUT2D eigenvalue weighted by atomic mass is 9.78. The third-order valence-electron chi connectivity index (χ3n) is 4.62. The smallest absolute Gasteiger partial charge is 0.189 e. The number of hydrazine groups is 1. The van der Waals surface area contributed by atoms with Crippen LogP contribution in [0.3, 0.4) is 0 Å². The second kappa shape index (κ2) is 8.45.